The lowest BCUT2D eigenvalue weighted by Crippen LogP contribution is -2.42. The fourth-order valence-electron chi connectivity index (χ4n) is 2.66. The molecule has 0 aromatic heterocycles. The van der Waals surface area contributed by atoms with Crippen LogP contribution in [-0.2, 0) is 16.1 Å². The zero-order valence-corrected chi connectivity index (χ0v) is 12.3. The number of rotatable bonds is 6. The first-order chi connectivity index (χ1) is 10.1. The molecule has 0 radical (unpaired) electrons. The van der Waals surface area contributed by atoms with Crippen molar-refractivity contribution in [2.75, 3.05) is 26.9 Å². The molecule has 1 saturated heterocycles. The molecule has 2 N–H and O–H groups in total. The van der Waals surface area contributed by atoms with Crippen LogP contribution in [0.15, 0.2) is 18.2 Å². The molecule has 1 heterocycles. The second kappa shape index (κ2) is 6.78. The molecule has 1 aromatic carbocycles. The van der Waals surface area contributed by atoms with Crippen molar-refractivity contribution >= 4 is 5.97 Å². The van der Waals surface area contributed by atoms with E-state index < -0.39 is 11.9 Å². The molecular formula is C15H21NO5. The summed E-state index contributed by atoms with van der Waals surface area (Å²) < 4.78 is 10.4. The summed E-state index contributed by atoms with van der Waals surface area (Å²) in [4.78, 5) is 13.4. The zero-order chi connectivity index (χ0) is 15.4. The molecule has 0 amide bonds. The number of ether oxygens (including phenoxy) is 2. The third-order valence-electron chi connectivity index (χ3n) is 3.87. The highest BCUT2D eigenvalue weighted by Crippen LogP contribution is 2.28. The Hall–Kier alpha value is -1.79. The fourth-order valence-corrected chi connectivity index (χ4v) is 2.66. The fraction of sp³-hybridized carbons (Fsp3) is 0.533. The molecule has 0 aliphatic carbocycles. The number of hydrogen-bond acceptors (Lipinski definition) is 5. The first-order valence-electron chi connectivity index (χ1n) is 6.97. The maximum absolute atomic E-state index is 11.3. The lowest BCUT2D eigenvalue weighted by Gasteiger charge is -2.29. The topological polar surface area (TPSA) is 79.2 Å². The summed E-state index contributed by atoms with van der Waals surface area (Å²) in [7, 11) is 1.50. The minimum absolute atomic E-state index is 0.0944. The van der Waals surface area contributed by atoms with Crippen molar-refractivity contribution in [3.8, 4) is 11.5 Å². The van der Waals surface area contributed by atoms with Crippen LogP contribution >= 0.6 is 0 Å². The van der Waals surface area contributed by atoms with Crippen molar-refractivity contribution in [3.63, 3.8) is 0 Å². The quantitative estimate of drug-likeness (QED) is 0.824. The van der Waals surface area contributed by atoms with E-state index in [4.69, 9.17) is 9.47 Å². The largest absolute Gasteiger partial charge is 0.504 e. The molecule has 116 valence electrons. The van der Waals surface area contributed by atoms with Gasteiger partial charge in [0, 0.05) is 12.6 Å². The normalized spacial score (nSPS) is 21.7. The number of carboxylic acid groups (broad SMARTS) is 1. The summed E-state index contributed by atoms with van der Waals surface area (Å²) in [6.45, 7) is 4.00. The lowest BCUT2D eigenvalue weighted by molar-refractivity contribution is -0.143. The highest BCUT2D eigenvalue weighted by molar-refractivity contribution is 5.71. The molecule has 0 spiro atoms. The molecule has 2 unspecified atom stereocenters. The third-order valence-corrected chi connectivity index (χ3v) is 3.87. The van der Waals surface area contributed by atoms with Crippen LogP contribution in [-0.4, -0.2) is 54.0 Å². The minimum atomic E-state index is -0.820. The standard InChI is InChI=1S/C15H21NO5/c1-3-16(12-9-21-8-11(12)15(18)19)7-10-4-5-13(17)14(6-10)20-2/h4-6,11-12,17H,3,7-9H2,1-2H3,(H,18,19). The van der Waals surface area contributed by atoms with Gasteiger partial charge in [0.1, 0.15) is 0 Å². The van der Waals surface area contributed by atoms with Crippen LogP contribution in [0, 0.1) is 5.92 Å². The number of methoxy groups -OCH3 is 1. The number of carbonyl (C=O) groups is 1. The predicted octanol–water partition coefficient (Wildman–Crippen LogP) is 1.32. The molecule has 1 aromatic rings. The van der Waals surface area contributed by atoms with Crippen molar-refractivity contribution in [1.29, 1.82) is 0 Å². The van der Waals surface area contributed by atoms with Gasteiger partial charge in [0.05, 0.1) is 26.2 Å². The summed E-state index contributed by atoms with van der Waals surface area (Å²) in [6.07, 6.45) is 0. The van der Waals surface area contributed by atoms with Crippen LogP contribution in [0.1, 0.15) is 12.5 Å². The number of aliphatic carboxylic acids is 1. The van der Waals surface area contributed by atoms with Gasteiger partial charge < -0.3 is 19.7 Å². The van der Waals surface area contributed by atoms with Gasteiger partial charge in [0.15, 0.2) is 11.5 Å². The second-order valence-corrected chi connectivity index (χ2v) is 5.12. The Bertz CT molecular complexity index is 505. The molecule has 1 aliphatic heterocycles. The van der Waals surface area contributed by atoms with E-state index in [0.717, 1.165) is 12.1 Å². The highest BCUT2D eigenvalue weighted by atomic mass is 16.5. The minimum Gasteiger partial charge on any atom is -0.504 e. The highest BCUT2D eigenvalue weighted by Gasteiger charge is 2.37. The van der Waals surface area contributed by atoms with E-state index in [0.29, 0.717) is 18.9 Å². The summed E-state index contributed by atoms with van der Waals surface area (Å²) in [5, 5.41) is 18.9. The van der Waals surface area contributed by atoms with Crippen molar-refractivity contribution in [2.24, 2.45) is 5.92 Å². The molecule has 6 heteroatoms. The number of hydrogen-bond donors (Lipinski definition) is 2. The Labute approximate surface area is 123 Å². The summed E-state index contributed by atoms with van der Waals surface area (Å²) in [5.41, 5.74) is 0.961. The molecular weight excluding hydrogens is 274 g/mol. The summed E-state index contributed by atoms with van der Waals surface area (Å²) in [5.74, 6) is -0.805. The predicted molar refractivity (Wildman–Crippen MR) is 76.5 cm³/mol. The first-order valence-corrected chi connectivity index (χ1v) is 6.97. The van der Waals surface area contributed by atoms with E-state index in [2.05, 4.69) is 4.90 Å². The Kier molecular flexibility index (Phi) is 5.03. The first kappa shape index (κ1) is 15.6. The third kappa shape index (κ3) is 3.46. The zero-order valence-electron chi connectivity index (χ0n) is 12.3. The number of phenols is 1. The van der Waals surface area contributed by atoms with Gasteiger partial charge in [0.2, 0.25) is 0 Å². The average Bonchev–Trinajstić information content (AvgIpc) is 2.95. The summed E-state index contributed by atoms with van der Waals surface area (Å²) >= 11 is 0. The van der Waals surface area contributed by atoms with Crippen LogP contribution < -0.4 is 4.74 Å². The van der Waals surface area contributed by atoms with Gasteiger partial charge in [0.25, 0.3) is 0 Å². The maximum Gasteiger partial charge on any atom is 0.310 e. The number of nitrogens with zero attached hydrogens (tertiary/aromatic N) is 1. The van der Waals surface area contributed by atoms with Crippen molar-refractivity contribution in [3.05, 3.63) is 23.8 Å². The van der Waals surface area contributed by atoms with Gasteiger partial charge in [-0.25, -0.2) is 0 Å². The molecule has 0 bridgehead atoms. The lowest BCUT2D eigenvalue weighted by atomic mass is 10.0. The van der Waals surface area contributed by atoms with E-state index in [9.17, 15) is 15.0 Å². The van der Waals surface area contributed by atoms with E-state index in [1.807, 2.05) is 13.0 Å². The van der Waals surface area contributed by atoms with Gasteiger partial charge >= 0.3 is 5.97 Å². The van der Waals surface area contributed by atoms with Crippen molar-refractivity contribution in [2.45, 2.75) is 19.5 Å². The van der Waals surface area contributed by atoms with Gasteiger partial charge in [-0.05, 0) is 24.2 Å². The van der Waals surface area contributed by atoms with Crippen LogP contribution in [0.4, 0.5) is 0 Å². The number of likely N-dealkylation sites (N-methyl/N-ethyl adjacent to an activating group) is 1. The molecule has 21 heavy (non-hydrogen) atoms. The van der Waals surface area contributed by atoms with Gasteiger partial charge in [-0.1, -0.05) is 13.0 Å². The Morgan fingerprint density at radius 3 is 2.86 bits per heavy atom. The Morgan fingerprint density at radius 1 is 1.48 bits per heavy atom. The van der Waals surface area contributed by atoms with E-state index >= 15 is 0 Å². The second-order valence-electron chi connectivity index (χ2n) is 5.12. The smallest absolute Gasteiger partial charge is 0.310 e. The van der Waals surface area contributed by atoms with E-state index in [1.54, 1.807) is 12.1 Å². The molecule has 1 aliphatic rings. The van der Waals surface area contributed by atoms with E-state index in [1.165, 1.54) is 7.11 Å². The number of phenolic OH excluding ortho intramolecular Hbond substituents is 1. The van der Waals surface area contributed by atoms with Gasteiger partial charge in [-0.3, -0.25) is 9.69 Å². The van der Waals surface area contributed by atoms with Crippen LogP contribution in [0.2, 0.25) is 0 Å². The Morgan fingerprint density at radius 2 is 2.24 bits per heavy atom. The Balaban J connectivity index is 2.13. The van der Waals surface area contributed by atoms with E-state index in [-0.39, 0.29) is 18.4 Å². The summed E-state index contributed by atoms with van der Waals surface area (Å²) in [6, 6.07) is 5.03. The maximum atomic E-state index is 11.3. The molecule has 2 rings (SSSR count). The molecule has 6 nitrogen and oxygen atoms in total. The monoisotopic (exact) mass is 295 g/mol. The number of aromatic hydroxyl groups is 1. The van der Waals surface area contributed by atoms with Crippen LogP contribution in [0.25, 0.3) is 0 Å². The molecule has 2 atom stereocenters. The van der Waals surface area contributed by atoms with Crippen LogP contribution in [0.3, 0.4) is 0 Å². The van der Waals surface area contributed by atoms with Crippen LogP contribution in [0.5, 0.6) is 11.5 Å². The number of carboxylic acids is 1. The number of benzene rings is 1. The van der Waals surface area contributed by atoms with Crippen molar-refractivity contribution in [1.82, 2.24) is 4.90 Å². The average molecular weight is 295 g/mol. The SMILES string of the molecule is CCN(Cc1ccc(O)c(OC)c1)C1COCC1C(=O)O. The molecule has 0 saturated carbocycles. The van der Waals surface area contributed by atoms with Crippen molar-refractivity contribution < 1.29 is 24.5 Å². The molecule has 1 fully saturated rings. The van der Waals surface area contributed by atoms with Gasteiger partial charge in [-0.2, -0.15) is 0 Å². The van der Waals surface area contributed by atoms with Gasteiger partial charge in [-0.15, -0.1) is 0 Å².